The van der Waals surface area contributed by atoms with E-state index < -0.39 is 5.41 Å². The van der Waals surface area contributed by atoms with Gasteiger partial charge in [-0.3, -0.25) is 9.59 Å². The molecule has 0 radical (unpaired) electrons. The highest BCUT2D eigenvalue weighted by Crippen LogP contribution is 2.31. The number of carbonyl (C=O) groups excluding carboxylic acids is 2. The minimum Gasteiger partial charge on any atom is -0.356 e. The van der Waals surface area contributed by atoms with E-state index in [-0.39, 0.29) is 18.2 Å². The monoisotopic (exact) mass is 464 g/mol. The lowest BCUT2D eigenvalue weighted by Crippen LogP contribution is -2.33. The Morgan fingerprint density at radius 2 is 1.59 bits per heavy atom. The van der Waals surface area contributed by atoms with Crippen LogP contribution in [0.25, 0.3) is 21.8 Å². The third-order valence-corrected chi connectivity index (χ3v) is 6.52. The molecule has 0 bridgehead atoms. The summed E-state index contributed by atoms with van der Waals surface area (Å²) in [7, 11) is 0. The number of fused-ring (bicyclic) bond motifs is 3. The van der Waals surface area contributed by atoms with E-state index in [1.807, 2.05) is 26.0 Å². The van der Waals surface area contributed by atoms with Crippen LogP contribution in [-0.4, -0.2) is 47.5 Å². The molecule has 0 aliphatic rings. The first-order valence-corrected chi connectivity index (χ1v) is 12.6. The van der Waals surface area contributed by atoms with E-state index in [4.69, 9.17) is 0 Å². The Morgan fingerprint density at radius 1 is 0.912 bits per heavy atom. The van der Waals surface area contributed by atoms with Crippen LogP contribution in [0.15, 0.2) is 42.5 Å². The number of nitrogens with zero attached hydrogens (tertiary/aromatic N) is 2. The standard InChI is InChI=1S/C28H40N4O2/c1-6-31(7-2)17-11-16-29-26(33)19-28(4,5)20-27(34)30-21-14-15-25-23(18-21)22-12-9-10-13-24(22)32(25)8-3/h9-10,12-15,18H,6-8,11,16-17,19-20H2,1-5H3,(H,29,33)(H,30,34). The highest BCUT2D eigenvalue weighted by molar-refractivity contribution is 6.09. The summed E-state index contributed by atoms with van der Waals surface area (Å²) < 4.78 is 2.29. The SMILES string of the molecule is CCN(CC)CCCNC(=O)CC(C)(C)CC(=O)Nc1ccc2c(c1)c1ccccc1n2CC. The third-order valence-electron chi connectivity index (χ3n) is 6.52. The van der Waals surface area contributed by atoms with E-state index in [2.05, 4.69) is 71.2 Å². The Morgan fingerprint density at radius 3 is 2.29 bits per heavy atom. The predicted molar refractivity (Wildman–Crippen MR) is 142 cm³/mol. The second kappa shape index (κ2) is 11.5. The van der Waals surface area contributed by atoms with E-state index in [1.54, 1.807) is 0 Å². The first kappa shape index (κ1) is 25.8. The first-order valence-electron chi connectivity index (χ1n) is 12.6. The molecule has 0 fully saturated rings. The lowest BCUT2D eigenvalue weighted by atomic mass is 9.85. The molecule has 184 valence electrons. The molecular formula is C28H40N4O2. The van der Waals surface area contributed by atoms with Gasteiger partial charge in [-0.25, -0.2) is 0 Å². The number of hydrogen-bond donors (Lipinski definition) is 2. The highest BCUT2D eigenvalue weighted by Gasteiger charge is 2.25. The zero-order valence-corrected chi connectivity index (χ0v) is 21.4. The number of rotatable bonds is 12. The van der Waals surface area contributed by atoms with Crippen LogP contribution in [-0.2, 0) is 16.1 Å². The zero-order chi connectivity index (χ0) is 24.7. The quantitative estimate of drug-likeness (QED) is 0.352. The van der Waals surface area contributed by atoms with Gasteiger partial charge in [-0.2, -0.15) is 0 Å². The van der Waals surface area contributed by atoms with Crippen molar-refractivity contribution in [3.63, 3.8) is 0 Å². The Bertz CT molecular complexity index is 1130. The van der Waals surface area contributed by atoms with Crippen molar-refractivity contribution in [1.82, 2.24) is 14.8 Å². The molecule has 2 N–H and O–H groups in total. The minimum atomic E-state index is -0.421. The molecular weight excluding hydrogens is 424 g/mol. The van der Waals surface area contributed by atoms with Crippen LogP contribution in [0.5, 0.6) is 0 Å². The zero-order valence-electron chi connectivity index (χ0n) is 21.4. The van der Waals surface area contributed by atoms with E-state index in [1.165, 1.54) is 16.4 Å². The summed E-state index contributed by atoms with van der Waals surface area (Å²) in [4.78, 5) is 27.6. The normalized spacial score (nSPS) is 11.9. The van der Waals surface area contributed by atoms with Crippen molar-refractivity contribution in [3.8, 4) is 0 Å². The Kier molecular flexibility index (Phi) is 8.72. The van der Waals surface area contributed by atoms with Crippen LogP contribution in [0, 0.1) is 5.41 Å². The van der Waals surface area contributed by atoms with Gasteiger partial charge in [0.25, 0.3) is 0 Å². The molecule has 3 rings (SSSR count). The van der Waals surface area contributed by atoms with Gasteiger partial charge in [0.1, 0.15) is 0 Å². The summed E-state index contributed by atoms with van der Waals surface area (Å²) in [6, 6.07) is 14.4. The molecule has 0 spiro atoms. The van der Waals surface area contributed by atoms with E-state index in [0.29, 0.717) is 13.0 Å². The smallest absolute Gasteiger partial charge is 0.224 e. The average Bonchev–Trinajstić information content (AvgIpc) is 3.11. The number of hydrogen-bond acceptors (Lipinski definition) is 3. The number of nitrogens with one attached hydrogen (secondary N) is 2. The molecule has 3 aromatic rings. The maximum atomic E-state index is 12.8. The summed E-state index contributed by atoms with van der Waals surface area (Å²) in [6.45, 7) is 15.0. The van der Waals surface area contributed by atoms with Crippen molar-refractivity contribution in [2.75, 3.05) is 31.5 Å². The fourth-order valence-electron chi connectivity index (χ4n) is 4.74. The van der Waals surface area contributed by atoms with Crippen LogP contribution in [0.1, 0.15) is 53.9 Å². The molecule has 6 nitrogen and oxygen atoms in total. The molecule has 6 heteroatoms. The maximum Gasteiger partial charge on any atom is 0.224 e. The molecule has 2 aromatic carbocycles. The fourth-order valence-corrected chi connectivity index (χ4v) is 4.74. The van der Waals surface area contributed by atoms with Crippen molar-refractivity contribution in [2.24, 2.45) is 5.41 Å². The van der Waals surface area contributed by atoms with Gasteiger partial charge in [0.2, 0.25) is 11.8 Å². The summed E-state index contributed by atoms with van der Waals surface area (Å²) in [5.74, 6) is -0.0657. The lowest BCUT2D eigenvalue weighted by Gasteiger charge is -2.23. The van der Waals surface area contributed by atoms with Gasteiger partial charge in [-0.1, -0.05) is 45.9 Å². The third kappa shape index (κ3) is 6.38. The lowest BCUT2D eigenvalue weighted by molar-refractivity contribution is -0.124. The van der Waals surface area contributed by atoms with Gasteiger partial charge in [-0.05, 0) is 62.7 Å². The van der Waals surface area contributed by atoms with Gasteiger partial charge in [0.15, 0.2) is 0 Å². The van der Waals surface area contributed by atoms with Gasteiger partial charge >= 0.3 is 0 Å². The summed E-state index contributed by atoms with van der Waals surface area (Å²) in [5, 5.41) is 8.38. The van der Waals surface area contributed by atoms with Crippen LogP contribution in [0.4, 0.5) is 5.69 Å². The number of aromatic nitrogens is 1. The number of para-hydroxylation sites is 1. The summed E-state index contributed by atoms with van der Waals surface area (Å²) in [5.41, 5.74) is 2.73. The maximum absolute atomic E-state index is 12.8. The number of amides is 2. The van der Waals surface area contributed by atoms with Crippen LogP contribution in [0.3, 0.4) is 0 Å². The summed E-state index contributed by atoms with van der Waals surface area (Å²) >= 11 is 0. The highest BCUT2D eigenvalue weighted by atomic mass is 16.2. The van der Waals surface area contributed by atoms with Crippen molar-refractivity contribution in [3.05, 3.63) is 42.5 Å². The van der Waals surface area contributed by atoms with Crippen LogP contribution in [0.2, 0.25) is 0 Å². The van der Waals surface area contributed by atoms with E-state index >= 15 is 0 Å². The second-order valence-corrected chi connectivity index (χ2v) is 9.79. The number of benzene rings is 2. The molecule has 34 heavy (non-hydrogen) atoms. The van der Waals surface area contributed by atoms with Crippen molar-refractivity contribution in [2.45, 2.75) is 60.4 Å². The summed E-state index contributed by atoms with van der Waals surface area (Å²) in [6.07, 6.45) is 1.55. The van der Waals surface area contributed by atoms with Gasteiger partial charge in [0, 0.05) is 53.4 Å². The molecule has 0 aliphatic carbocycles. The Hall–Kier alpha value is -2.86. The Balaban J connectivity index is 1.57. The minimum absolute atomic E-state index is 0.00569. The van der Waals surface area contributed by atoms with Gasteiger partial charge in [0.05, 0.1) is 0 Å². The van der Waals surface area contributed by atoms with Gasteiger partial charge < -0.3 is 20.1 Å². The van der Waals surface area contributed by atoms with E-state index in [9.17, 15) is 9.59 Å². The molecule has 2 amide bonds. The average molecular weight is 465 g/mol. The van der Waals surface area contributed by atoms with Gasteiger partial charge in [-0.15, -0.1) is 0 Å². The van der Waals surface area contributed by atoms with Crippen LogP contribution < -0.4 is 10.6 Å². The first-order chi connectivity index (χ1) is 16.3. The van der Waals surface area contributed by atoms with Crippen molar-refractivity contribution >= 4 is 39.3 Å². The number of aryl methyl sites for hydroxylation is 1. The topological polar surface area (TPSA) is 66.4 Å². The largest absolute Gasteiger partial charge is 0.356 e. The molecule has 0 saturated carbocycles. The molecule has 1 aromatic heterocycles. The molecule has 0 atom stereocenters. The molecule has 0 unspecified atom stereocenters. The predicted octanol–water partition coefficient (Wildman–Crippen LogP) is 5.41. The second-order valence-electron chi connectivity index (χ2n) is 9.79. The van der Waals surface area contributed by atoms with Crippen molar-refractivity contribution in [1.29, 1.82) is 0 Å². The Labute approximate surface area is 203 Å². The van der Waals surface area contributed by atoms with E-state index in [0.717, 1.165) is 43.7 Å². The molecule has 1 heterocycles. The fraction of sp³-hybridized carbons (Fsp3) is 0.500. The molecule has 0 saturated heterocycles. The molecule has 0 aliphatic heterocycles. The van der Waals surface area contributed by atoms with Crippen molar-refractivity contribution < 1.29 is 9.59 Å². The van der Waals surface area contributed by atoms with Crippen LogP contribution >= 0.6 is 0 Å². The number of anilines is 1. The number of carbonyl (C=O) groups is 2.